The monoisotopic (exact) mass is 1070 g/mol. The van der Waals surface area contributed by atoms with E-state index >= 15 is 0 Å². The summed E-state index contributed by atoms with van der Waals surface area (Å²) in [6.07, 6.45) is 3.37. The number of nitro benzene ring substituents is 1. The molecule has 19 heteroatoms. The predicted octanol–water partition coefficient (Wildman–Crippen LogP) is 8.96. The number of sulfonamides is 1. The second-order valence-electron chi connectivity index (χ2n) is 20.9. The lowest BCUT2D eigenvalue weighted by atomic mass is 9.71. The van der Waals surface area contributed by atoms with Gasteiger partial charge in [-0.3, -0.25) is 24.7 Å². The van der Waals surface area contributed by atoms with Gasteiger partial charge in [-0.15, -0.1) is 11.8 Å². The first kappa shape index (κ1) is 56.5. The number of anilines is 2. The van der Waals surface area contributed by atoms with Crippen molar-refractivity contribution in [2.45, 2.75) is 81.7 Å². The lowest BCUT2D eigenvalue weighted by molar-refractivity contribution is -0.384. The zero-order valence-electron chi connectivity index (χ0n) is 43.4. The van der Waals surface area contributed by atoms with Gasteiger partial charge in [0.25, 0.3) is 21.6 Å². The maximum atomic E-state index is 13.6. The number of aliphatic hydroxyl groups is 1. The van der Waals surface area contributed by atoms with Gasteiger partial charge in [0.15, 0.2) is 0 Å². The Labute approximate surface area is 446 Å². The summed E-state index contributed by atoms with van der Waals surface area (Å²) in [5.74, 6) is -0.268. The number of likely N-dealkylation sites (N-methyl/N-ethyl adjacent to an activating group) is 1. The van der Waals surface area contributed by atoms with Crippen LogP contribution in [-0.4, -0.2) is 159 Å². The van der Waals surface area contributed by atoms with E-state index in [-0.39, 0.29) is 35.4 Å². The van der Waals surface area contributed by atoms with E-state index in [9.17, 15) is 33.2 Å². The molecule has 0 bridgehead atoms. The normalized spacial score (nSPS) is 18.6. The molecule has 2 amide bonds. The number of hydrogen-bond acceptors (Lipinski definition) is 14. The van der Waals surface area contributed by atoms with Gasteiger partial charge in [0.05, 0.1) is 16.4 Å². The van der Waals surface area contributed by atoms with E-state index in [1.54, 1.807) is 23.9 Å². The standard InChI is InChI=1S/C55H73ClN8O8S2/c1-6-59(34-35-65)25-23-45(39-73-47-10-8-7-9-11-47)57-50-21-20-48(36-51(50)64(68)69)74(70,71)58-52(66)42-14-18-46(19-15-42)62-30-26-60(27-31-62)38-43-37-55(5,24-22-49(43)41-12-16-44(56)17-13-41)40-61-28-32-63(33-29-61)53(67)72-54(2,3)4/h7-21,36,45,57,65H,6,22-35,37-40H2,1-5H3,(H,58,66)/t45-,55?/m1/s1. The molecule has 0 aromatic heterocycles. The predicted molar refractivity (Wildman–Crippen MR) is 296 cm³/mol. The van der Waals surface area contributed by atoms with Gasteiger partial charge >= 0.3 is 6.09 Å². The molecule has 2 saturated heterocycles. The van der Waals surface area contributed by atoms with Crippen LogP contribution < -0.4 is 14.9 Å². The van der Waals surface area contributed by atoms with Crippen LogP contribution in [0.4, 0.5) is 21.9 Å². The van der Waals surface area contributed by atoms with Crippen LogP contribution in [0.5, 0.6) is 0 Å². The fourth-order valence-electron chi connectivity index (χ4n) is 10.0. The molecule has 1 aliphatic carbocycles. The average Bonchev–Trinajstić information content (AvgIpc) is 3.37. The molecule has 400 valence electrons. The average molecular weight is 1070 g/mol. The van der Waals surface area contributed by atoms with E-state index in [0.29, 0.717) is 43.4 Å². The van der Waals surface area contributed by atoms with E-state index in [0.717, 1.165) is 94.8 Å². The number of aliphatic hydroxyl groups excluding tert-OH is 1. The van der Waals surface area contributed by atoms with Crippen LogP contribution in [0.2, 0.25) is 5.02 Å². The van der Waals surface area contributed by atoms with Crippen molar-refractivity contribution in [2.75, 3.05) is 108 Å². The summed E-state index contributed by atoms with van der Waals surface area (Å²) >= 11 is 7.93. The Kier molecular flexibility index (Phi) is 19.5. The third-order valence-electron chi connectivity index (χ3n) is 14.1. The number of hydrogen-bond donors (Lipinski definition) is 3. The van der Waals surface area contributed by atoms with Gasteiger partial charge in [0, 0.05) is 118 Å². The lowest BCUT2D eigenvalue weighted by Gasteiger charge is -2.44. The van der Waals surface area contributed by atoms with Crippen molar-refractivity contribution >= 4 is 68.0 Å². The number of piperazine rings is 2. The minimum absolute atomic E-state index is 0.0172. The third kappa shape index (κ3) is 15.9. The highest BCUT2D eigenvalue weighted by molar-refractivity contribution is 7.99. The zero-order chi connectivity index (χ0) is 53.0. The second-order valence-corrected chi connectivity index (χ2v) is 24.1. The maximum absolute atomic E-state index is 13.6. The van der Waals surface area contributed by atoms with Crippen molar-refractivity contribution in [3.63, 3.8) is 0 Å². The van der Waals surface area contributed by atoms with E-state index in [1.807, 2.05) is 87.2 Å². The molecule has 0 saturated carbocycles. The summed E-state index contributed by atoms with van der Waals surface area (Å²) in [5, 5.41) is 25.9. The fraction of sp³-hybridized carbons (Fsp3) is 0.491. The Morgan fingerprint density at radius 2 is 1.59 bits per heavy atom. The number of carbonyl (C=O) groups excluding carboxylic acids is 2. The number of thioether (sulfide) groups is 1. The van der Waals surface area contributed by atoms with Crippen LogP contribution in [0, 0.1) is 15.5 Å². The Morgan fingerprint density at radius 3 is 2.23 bits per heavy atom. The van der Waals surface area contributed by atoms with Crippen LogP contribution >= 0.6 is 23.4 Å². The minimum Gasteiger partial charge on any atom is -0.444 e. The first-order chi connectivity index (χ1) is 35.3. The van der Waals surface area contributed by atoms with Gasteiger partial charge in [-0.25, -0.2) is 17.9 Å². The molecule has 3 aliphatic rings. The molecule has 2 fully saturated rings. The van der Waals surface area contributed by atoms with Crippen molar-refractivity contribution in [1.82, 2.24) is 24.3 Å². The first-order valence-corrected chi connectivity index (χ1v) is 28.5. The number of rotatable bonds is 21. The fourth-order valence-corrected chi connectivity index (χ4v) is 12.2. The summed E-state index contributed by atoms with van der Waals surface area (Å²) in [7, 11) is -4.50. The Bertz CT molecular complexity index is 2680. The molecule has 16 nitrogen and oxygen atoms in total. The highest BCUT2D eigenvalue weighted by Gasteiger charge is 2.36. The number of carbonyl (C=O) groups is 2. The topological polar surface area (TPSA) is 181 Å². The van der Waals surface area contributed by atoms with E-state index in [1.165, 1.54) is 28.8 Å². The summed E-state index contributed by atoms with van der Waals surface area (Å²) in [4.78, 5) is 49.8. The largest absolute Gasteiger partial charge is 0.444 e. The number of amides is 2. The molecule has 0 radical (unpaired) electrons. The molecule has 4 aromatic carbocycles. The van der Waals surface area contributed by atoms with E-state index in [4.69, 9.17) is 16.3 Å². The molecule has 2 atom stereocenters. The number of nitrogens with one attached hydrogen (secondary N) is 2. The lowest BCUT2D eigenvalue weighted by Crippen LogP contribution is -2.52. The molecular formula is C55H73ClN8O8S2. The summed E-state index contributed by atoms with van der Waals surface area (Å²) in [5.41, 5.74) is 4.38. The summed E-state index contributed by atoms with van der Waals surface area (Å²) in [6.45, 7) is 19.9. The molecule has 2 heterocycles. The van der Waals surface area contributed by atoms with Gasteiger partial charge < -0.3 is 29.9 Å². The highest BCUT2D eigenvalue weighted by atomic mass is 35.5. The number of halogens is 1. The van der Waals surface area contributed by atoms with Crippen molar-refractivity contribution in [3.8, 4) is 0 Å². The molecule has 1 unspecified atom stereocenters. The third-order valence-corrected chi connectivity index (χ3v) is 16.8. The van der Waals surface area contributed by atoms with Gasteiger partial charge in [-0.05, 0) is 130 Å². The zero-order valence-corrected chi connectivity index (χ0v) is 45.8. The molecular weight excluding hydrogens is 1000 g/mol. The molecule has 4 aromatic rings. The summed E-state index contributed by atoms with van der Waals surface area (Å²) in [6, 6.07) is 28.2. The Balaban J connectivity index is 0.951. The van der Waals surface area contributed by atoms with E-state index < -0.39 is 37.0 Å². The quantitative estimate of drug-likeness (QED) is 0.0409. The highest BCUT2D eigenvalue weighted by Crippen LogP contribution is 2.44. The van der Waals surface area contributed by atoms with Crippen molar-refractivity contribution in [2.24, 2.45) is 5.41 Å². The van der Waals surface area contributed by atoms with Crippen LogP contribution in [0.3, 0.4) is 0 Å². The number of ether oxygens (including phenoxy) is 1. The second kappa shape index (κ2) is 25.6. The maximum Gasteiger partial charge on any atom is 0.410 e. The van der Waals surface area contributed by atoms with Crippen molar-refractivity contribution in [1.29, 1.82) is 0 Å². The van der Waals surface area contributed by atoms with Crippen molar-refractivity contribution < 1.29 is 32.8 Å². The first-order valence-electron chi connectivity index (χ1n) is 25.7. The Hall–Kier alpha value is -5.21. The molecule has 3 N–H and O–H groups in total. The molecule has 2 aliphatic heterocycles. The van der Waals surface area contributed by atoms with Gasteiger partial charge in [0.1, 0.15) is 11.3 Å². The van der Waals surface area contributed by atoms with Crippen molar-refractivity contribution in [3.05, 3.63) is 129 Å². The van der Waals surface area contributed by atoms with Crippen LogP contribution in [-0.2, 0) is 14.8 Å². The van der Waals surface area contributed by atoms with E-state index in [2.05, 4.69) is 48.7 Å². The number of nitrogens with zero attached hydrogens (tertiary/aromatic N) is 6. The number of nitro groups is 1. The number of allylic oxidation sites excluding steroid dienone is 1. The molecule has 74 heavy (non-hydrogen) atoms. The van der Waals surface area contributed by atoms with Gasteiger partial charge in [0.2, 0.25) is 0 Å². The molecule has 7 rings (SSSR count). The Morgan fingerprint density at radius 1 is 0.919 bits per heavy atom. The SMILES string of the molecule is CCN(CCO)CC[C@H](CSc1ccccc1)Nc1ccc(S(=O)(=O)NC(=O)c2ccc(N3CCN(CC4=C(c5ccc(Cl)cc5)CCC(C)(CN5CCN(C(=O)OC(C)(C)C)CC5)C4)CC3)cc2)cc1[N+](=O)[O-]. The van der Waals surface area contributed by atoms with Gasteiger partial charge in [-0.2, -0.15) is 0 Å². The van der Waals surface area contributed by atoms with Gasteiger partial charge in [-0.1, -0.05) is 61.4 Å². The van der Waals surface area contributed by atoms with Crippen LogP contribution in [0.1, 0.15) is 76.2 Å². The summed E-state index contributed by atoms with van der Waals surface area (Å²) < 4.78 is 35.0. The minimum atomic E-state index is -4.50. The number of benzene rings is 4. The van der Waals surface area contributed by atoms with Crippen LogP contribution in [0.25, 0.3) is 5.57 Å². The molecule has 0 spiro atoms. The van der Waals surface area contributed by atoms with Crippen LogP contribution in [0.15, 0.2) is 112 Å². The smallest absolute Gasteiger partial charge is 0.410 e.